The van der Waals surface area contributed by atoms with Crippen LogP contribution in [0.25, 0.3) is 0 Å². The molecule has 0 aliphatic heterocycles. The lowest BCUT2D eigenvalue weighted by Gasteiger charge is -2.03. The van der Waals surface area contributed by atoms with Crippen LogP contribution in [-0.4, -0.2) is 6.68 Å². The van der Waals surface area contributed by atoms with Crippen molar-refractivity contribution in [2.75, 3.05) is 5.34 Å². The van der Waals surface area contributed by atoms with Crippen LogP contribution in [0.15, 0.2) is 12.1 Å². The molecular formula is C7H3F8N. The van der Waals surface area contributed by atoms with Crippen LogP contribution in [-0.2, 0) is 0 Å². The molecule has 1 aromatic carbocycles. The van der Waals surface area contributed by atoms with Gasteiger partial charge in [-0.2, -0.15) is 13.2 Å². The molecule has 16 heavy (non-hydrogen) atoms. The molecule has 92 valence electrons. The molecule has 0 aliphatic rings. The van der Waals surface area contributed by atoms with E-state index in [1.807, 2.05) is 0 Å². The molecule has 0 atom stereocenters. The predicted molar refractivity (Wildman–Crippen MR) is 38.1 cm³/mol. The Balaban J connectivity index is 0.000000487. The average molecular weight is 253 g/mol. The van der Waals surface area contributed by atoms with Crippen molar-refractivity contribution in [1.82, 2.24) is 0 Å². The van der Waals surface area contributed by atoms with Gasteiger partial charge in [0.25, 0.3) is 0 Å². The van der Waals surface area contributed by atoms with E-state index in [0.717, 1.165) is 0 Å². The van der Waals surface area contributed by atoms with Crippen LogP contribution in [0.3, 0.4) is 0 Å². The highest BCUT2D eigenvalue weighted by Gasteiger charge is 2.17. The fraction of sp³-hybridized carbons (Fsp3) is 0.143. The molecular weight excluding hydrogens is 250 g/mol. The van der Waals surface area contributed by atoms with Gasteiger partial charge in [0.15, 0.2) is 17.5 Å². The second-order valence-electron chi connectivity index (χ2n) is 2.17. The highest BCUT2D eigenvalue weighted by Crippen LogP contribution is 2.23. The standard InChI is InChI=1S/C6H2F5N.CHF3/c7-3-1-2-4(12(10)11)6(9)5(3)8;2-1(3)4/h1-2H;1H. The minimum Gasteiger partial charge on any atom is -0.204 e. The number of rotatable bonds is 1. The first-order chi connectivity index (χ1) is 7.27. The highest BCUT2D eigenvalue weighted by atomic mass is 19.4. The molecule has 0 heterocycles. The fourth-order valence-electron chi connectivity index (χ4n) is 0.646. The van der Waals surface area contributed by atoms with Gasteiger partial charge in [0.2, 0.25) is 0 Å². The van der Waals surface area contributed by atoms with E-state index in [1.54, 1.807) is 0 Å². The summed E-state index contributed by atoms with van der Waals surface area (Å²) in [4.78, 5) is 0. The summed E-state index contributed by atoms with van der Waals surface area (Å²) in [5, 5.41) is -1.63. The van der Waals surface area contributed by atoms with Crippen molar-refractivity contribution in [3.05, 3.63) is 29.6 Å². The largest absolute Gasteiger partial charge is 0.379 e. The molecule has 0 bridgehead atoms. The number of alkyl halides is 3. The van der Waals surface area contributed by atoms with Gasteiger partial charge in [-0.05, 0) is 17.5 Å². The van der Waals surface area contributed by atoms with Crippen LogP contribution in [0, 0.1) is 17.5 Å². The van der Waals surface area contributed by atoms with Crippen molar-refractivity contribution in [3.8, 4) is 0 Å². The predicted octanol–water partition coefficient (Wildman–Crippen LogP) is 3.86. The summed E-state index contributed by atoms with van der Waals surface area (Å²) >= 11 is 0. The molecule has 0 amide bonds. The van der Waals surface area contributed by atoms with E-state index in [2.05, 4.69) is 0 Å². The summed E-state index contributed by atoms with van der Waals surface area (Å²) in [5.41, 5.74) is -1.30. The maximum Gasteiger partial charge on any atom is 0.379 e. The molecule has 0 saturated heterocycles. The Morgan fingerprint density at radius 2 is 1.31 bits per heavy atom. The molecule has 0 radical (unpaired) electrons. The zero-order valence-electron chi connectivity index (χ0n) is 7.20. The Hall–Kier alpha value is -1.54. The molecule has 0 saturated carbocycles. The topological polar surface area (TPSA) is 3.24 Å². The van der Waals surface area contributed by atoms with E-state index >= 15 is 0 Å². The summed E-state index contributed by atoms with van der Waals surface area (Å²) in [6, 6.07) is 0.855. The highest BCUT2D eigenvalue weighted by molar-refractivity contribution is 5.43. The first-order valence-corrected chi connectivity index (χ1v) is 3.44. The molecule has 9 heteroatoms. The van der Waals surface area contributed by atoms with Crippen LogP contribution in [0.1, 0.15) is 0 Å². The van der Waals surface area contributed by atoms with Crippen LogP contribution in [0.4, 0.5) is 41.0 Å². The lowest BCUT2D eigenvalue weighted by atomic mass is 10.3. The van der Waals surface area contributed by atoms with E-state index in [1.165, 1.54) is 0 Å². The third-order valence-electron chi connectivity index (χ3n) is 1.20. The lowest BCUT2D eigenvalue weighted by molar-refractivity contribution is 0.00819. The van der Waals surface area contributed by atoms with Crippen LogP contribution in [0.5, 0.6) is 0 Å². The maximum absolute atomic E-state index is 12.4. The molecule has 0 aliphatic carbocycles. The Kier molecular flexibility index (Phi) is 5.54. The van der Waals surface area contributed by atoms with Crippen molar-refractivity contribution in [2.24, 2.45) is 0 Å². The molecule has 0 unspecified atom stereocenters. The zero-order valence-corrected chi connectivity index (χ0v) is 7.20. The van der Waals surface area contributed by atoms with Crippen molar-refractivity contribution >= 4 is 5.69 Å². The number of hydrogen-bond donors (Lipinski definition) is 0. The summed E-state index contributed by atoms with van der Waals surface area (Å²) in [6.07, 6.45) is 0. The number of halogens is 8. The SMILES string of the molecule is FC(F)F.Fc1ccc(N(F)F)c(F)c1F. The normalized spacial score (nSPS) is 9.81. The van der Waals surface area contributed by atoms with E-state index in [9.17, 15) is 35.3 Å². The fourth-order valence-corrected chi connectivity index (χ4v) is 0.646. The van der Waals surface area contributed by atoms with Gasteiger partial charge in [0, 0.05) is 0 Å². The van der Waals surface area contributed by atoms with Gasteiger partial charge in [-0.15, -0.1) is 0 Å². The van der Waals surface area contributed by atoms with Gasteiger partial charge in [-0.1, -0.05) is 8.96 Å². The third kappa shape index (κ3) is 4.32. The van der Waals surface area contributed by atoms with Crippen molar-refractivity contribution in [3.63, 3.8) is 0 Å². The lowest BCUT2D eigenvalue weighted by Crippen LogP contribution is -2.02. The van der Waals surface area contributed by atoms with Crippen molar-refractivity contribution in [1.29, 1.82) is 0 Å². The zero-order chi connectivity index (χ0) is 12.9. The minimum atomic E-state index is -3.67. The van der Waals surface area contributed by atoms with Gasteiger partial charge in [-0.25, -0.2) is 13.2 Å². The molecule has 0 aromatic heterocycles. The summed E-state index contributed by atoms with van der Waals surface area (Å²) in [5.74, 6) is -5.31. The Bertz CT molecular complexity index is 337. The number of benzene rings is 1. The third-order valence-corrected chi connectivity index (χ3v) is 1.20. The van der Waals surface area contributed by atoms with Gasteiger partial charge in [0.1, 0.15) is 5.69 Å². The molecule has 1 aromatic rings. The second-order valence-corrected chi connectivity index (χ2v) is 2.17. The van der Waals surface area contributed by atoms with E-state index in [0.29, 0.717) is 12.1 Å². The Morgan fingerprint density at radius 3 is 1.69 bits per heavy atom. The molecule has 0 fully saturated rings. The minimum absolute atomic E-state index is 0.417. The smallest absolute Gasteiger partial charge is 0.204 e. The second kappa shape index (κ2) is 6.13. The molecule has 0 spiro atoms. The summed E-state index contributed by atoms with van der Waals surface area (Å²) in [7, 11) is 0. The maximum atomic E-state index is 12.4. The first kappa shape index (κ1) is 14.5. The number of anilines is 1. The van der Waals surface area contributed by atoms with Gasteiger partial charge in [-0.3, -0.25) is 0 Å². The molecule has 1 nitrogen and oxygen atoms in total. The van der Waals surface area contributed by atoms with Crippen molar-refractivity contribution < 1.29 is 35.3 Å². The molecule has 0 N–H and O–H groups in total. The Morgan fingerprint density at radius 1 is 0.875 bits per heavy atom. The quantitative estimate of drug-likeness (QED) is 0.417. The number of hydrogen-bond acceptors (Lipinski definition) is 1. The van der Waals surface area contributed by atoms with E-state index in [4.69, 9.17) is 0 Å². The number of nitrogens with zero attached hydrogens (tertiary/aromatic N) is 1. The van der Waals surface area contributed by atoms with Crippen LogP contribution in [0.2, 0.25) is 0 Å². The first-order valence-electron chi connectivity index (χ1n) is 3.44. The van der Waals surface area contributed by atoms with E-state index < -0.39 is 35.2 Å². The summed E-state index contributed by atoms with van der Waals surface area (Å²) < 4.78 is 89.1. The van der Waals surface area contributed by atoms with E-state index in [-0.39, 0.29) is 0 Å². The average Bonchev–Trinajstić information content (AvgIpc) is 2.13. The molecule has 1 rings (SSSR count). The van der Waals surface area contributed by atoms with Gasteiger partial charge < -0.3 is 0 Å². The van der Waals surface area contributed by atoms with Crippen molar-refractivity contribution in [2.45, 2.75) is 6.68 Å². The van der Waals surface area contributed by atoms with Crippen LogP contribution >= 0.6 is 0 Å². The summed E-state index contributed by atoms with van der Waals surface area (Å²) in [6.45, 7) is -3.67. The van der Waals surface area contributed by atoms with Gasteiger partial charge in [0.05, 0.1) is 0 Å². The monoisotopic (exact) mass is 253 g/mol. The Labute approximate surface area is 83.8 Å². The van der Waals surface area contributed by atoms with Crippen LogP contribution < -0.4 is 5.34 Å². The van der Waals surface area contributed by atoms with Gasteiger partial charge >= 0.3 is 6.68 Å².